The smallest absolute Gasteiger partial charge is 0.185 e. The summed E-state index contributed by atoms with van der Waals surface area (Å²) in [6, 6.07) is 0. The maximum absolute atomic E-state index is 5.27. The Balaban J connectivity index is 2.18. The second-order valence-electron chi connectivity index (χ2n) is 3.78. The molecule has 4 N–H and O–H groups in total. The van der Waals surface area contributed by atoms with Crippen molar-refractivity contribution in [1.29, 1.82) is 0 Å². The maximum atomic E-state index is 5.27. The van der Waals surface area contributed by atoms with Gasteiger partial charge in [-0.25, -0.2) is 0 Å². The molecule has 1 aliphatic rings. The molecule has 0 aromatic rings. The zero-order valence-corrected chi connectivity index (χ0v) is 8.78. The van der Waals surface area contributed by atoms with Crippen LogP contribution in [-0.4, -0.2) is 50.3 Å². The second kappa shape index (κ2) is 5.82. The van der Waals surface area contributed by atoms with Crippen LogP contribution in [0.1, 0.15) is 6.92 Å². The summed E-state index contributed by atoms with van der Waals surface area (Å²) in [7, 11) is 0. The molecule has 82 valence electrons. The molecule has 1 fully saturated rings. The molecule has 5 heteroatoms. The molecule has 1 rings (SSSR count). The van der Waals surface area contributed by atoms with E-state index in [9.17, 15) is 0 Å². The van der Waals surface area contributed by atoms with Crippen molar-refractivity contribution in [3.05, 3.63) is 0 Å². The Morgan fingerprint density at radius 1 is 1.43 bits per heavy atom. The lowest BCUT2D eigenvalue weighted by atomic mass is 10.1. The molecule has 1 aliphatic heterocycles. The number of guanidine groups is 1. The Morgan fingerprint density at radius 2 is 2.07 bits per heavy atom. The van der Waals surface area contributed by atoms with Crippen LogP contribution in [0, 0.1) is 5.92 Å². The lowest BCUT2D eigenvalue weighted by molar-refractivity contribution is 0.0323. The quantitative estimate of drug-likeness (QED) is 0.461. The molecule has 0 bridgehead atoms. The van der Waals surface area contributed by atoms with Crippen molar-refractivity contribution in [2.45, 2.75) is 6.92 Å². The third-order valence-corrected chi connectivity index (χ3v) is 2.26. The fourth-order valence-electron chi connectivity index (χ4n) is 1.54. The average Bonchev–Trinajstić information content (AvgIpc) is 2.16. The molecular weight excluding hydrogens is 180 g/mol. The van der Waals surface area contributed by atoms with Gasteiger partial charge >= 0.3 is 0 Å². The van der Waals surface area contributed by atoms with Crippen LogP contribution in [0.4, 0.5) is 0 Å². The molecule has 0 aliphatic carbocycles. The van der Waals surface area contributed by atoms with Gasteiger partial charge in [0.1, 0.15) is 0 Å². The first-order valence-electron chi connectivity index (χ1n) is 5.04. The topological polar surface area (TPSA) is 76.9 Å². The number of hydrogen-bond acceptors (Lipinski definition) is 3. The summed E-state index contributed by atoms with van der Waals surface area (Å²) in [5.41, 5.74) is 10.5. The monoisotopic (exact) mass is 200 g/mol. The minimum atomic E-state index is 0.179. The van der Waals surface area contributed by atoms with Crippen LogP contribution in [-0.2, 0) is 4.74 Å². The van der Waals surface area contributed by atoms with E-state index in [1.54, 1.807) is 0 Å². The normalized spacial score (nSPS) is 20.4. The Morgan fingerprint density at radius 3 is 2.64 bits per heavy atom. The first-order valence-corrected chi connectivity index (χ1v) is 5.04. The molecule has 0 spiro atoms. The molecule has 1 atom stereocenters. The van der Waals surface area contributed by atoms with Gasteiger partial charge in [-0.3, -0.25) is 9.89 Å². The van der Waals surface area contributed by atoms with Gasteiger partial charge in [-0.05, 0) is 5.92 Å². The van der Waals surface area contributed by atoms with Crippen LogP contribution in [0.2, 0.25) is 0 Å². The van der Waals surface area contributed by atoms with Gasteiger partial charge in [0, 0.05) is 26.2 Å². The maximum Gasteiger partial charge on any atom is 0.185 e. The number of nitrogens with two attached hydrogens (primary N) is 2. The molecule has 0 saturated carbocycles. The van der Waals surface area contributed by atoms with E-state index in [0.717, 1.165) is 32.8 Å². The number of nitrogens with zero attached hydrogens (tertiary/aromatic N) is 2. The summed E-state index contributed by atoms with van der Waals surface area (Å²) in [5.74, 6) is 0.675. The minimum Gasteiger partial charge on any atom is -0.379 e. The van der Waals surface area contributed by atoms with Gasteiger partial charge in [0.25, 0.3) is 0 Å². The third-order valence-electron chi connectivity index (χ3n) is 2.26. The van der Waals surface area contributed by atoms with E-state index >= 15 is 0 Å². The summed E-state index contributed by atoms with van der Waals surface area (Å²) >= 11 is 0. The van der Waals surface area contributed by atoms with Crippen LogP contribution in [0.3, 0.4) is 0 Å². The highest BCUT2D eigenvalue weighted by Gasteiger charge is 2.13. The minimum absolute atomic E-state index is 0.179. The molecule has 0 aromatic heterocycles. The van der Waals surface area contributed by atoms with E-state index in [4.69, 9.17) is 16.2 Å². The van der Waals surface area contributed by atoms with Gasteiger partial charge in [-0.2, -0.15) is 0 Å². The van der Waals surface area contributed by atoms with Gasteiger partial charge < -0.3 is 16.2 Å². The Labute approximate surface area is 85.1 Å². The predicted octanol–water partition coefficient (Wildman–Crippen LogP) is -0.772. The highest BCUT2D eigenvalue weighted by atomic mass is 16.5. The number of morpholine rings is 1. The van der Waals surface area contributed by atoms with Crippen molar-refractivity contribution >= 4 is 5.96 Å². The van der Waals surface area contributed by atoms with Crippen molar-refractivity contribution in [1.82, 2.24) is 4.90 Å². The first-order chi connectivity index (χ1) is 6.68. The number of hydrogen-bond donors (Lipinski definition) is 2. The number of ether oxygens (including phenoxy) is 1. The summed E-state index contributed by atoms with van der Waals surface area (Å²) in [4.78, 5) is 6.39. The summed E-state index contributed by atoms with van der Waals surface area (Å²) < 4.78 is 5.27. The van der Waals surface area contributed by atoms with E-state index in [1.807, 2.05) is 0 Å². The van der Waals surface area contributed by atoms with Crippen LogP contribution in [0.5, 0.6) is 0 Å². The molecule has 0 amide bonds. The van der Waals surface area contributed by atoms with Gasteiger partial charge in [0.15, 0.2) is 5.96 Å². The van der Waals surface area contributed by atoms with Gasteiger partial charge in [0.2, 0.25) is 0 Å². The first kappa shape index (κ1) is 11.3. The van der Waals surface area contributed by atoms with Crippen LogP contribution in [0.25, 0.3) is 0 Å². The SMILES string of the molecule is CC(CN=C(N)N)CN1CCOCC1. The molecule has 0 aromatic carbocycles. The van der Waals surface area contributed by atoms with Crippen molar-refractivity contribution in [2.75, 3.05) is 39.4 Å². The Bertz CT molecular complexity index is 185. The Hall–Kier alpha value is -0.810. The fourth-order valence-corrected chi connectivity index (χ4v) is 1.54. The van der Waals surface area contributed by atoms with E-state index in [0.29, 0.717) is 12.5 Å². The van der Waals surface area contributed by atoms with Crippen LogP contribution < -0.4 is 11.5 Å². The number of rotatable bonds is 4. The molecular formula is C9H20N4O. The van der Waals surface area contributed by atoms with E-state index < -0.39 is 0 Å². The molecule has 5 nitrogen and oxygen atoms in total. The van der Waals surface area contributed by atoms with Gasteiger partial charge in [0.05, 0.1) is 13.2 Å². The Kier molecular flexibility index (Phi) is 4.69. The lowest BCUT2D eigenvalue weighted by Gasteiger charge is -2.28. The number of aliphatic imine (C=N–C) groups is 1. The highest BCUT2D eigenvalue weighted by molar-refractivity contribution is 5.75. The predicted molar refractivity (Wildman–Crippen MR) is 57.1 cm³/mol. The highest BCUT2D eigenvalue weighted by Crippen LogP contribution is 2.03. The third kappa shape index (κ3) is 4.43. The summed E-state index contributed by atoms with van der Waals surface area (Å²) in [6.45, 7) is 7.63. The lowest BCUT2D eigenvalue weighted by Crippen LogP contribution is -2.39. The fraction of sp³-hybridized carbons (Fsp3) is 0.889. The van der Waals surface area contributed by atoms with Gasteiger partial charge in [-0.1, -0.05) is 6.92 Å². The average molecular weight is 200 g/mol. The van der Waals surface area contributed by atoms with E-state index in [2.05, 4.69) is 16.8 Å². The van der Waals surface area contributed by atoms with Crippen LogP contribution >= 0.6 is 0 Å². The van der Waals surface area contributed by atoms with Crippen molar-refractivity contribution in [3.63, 3.8) is 0 Å². The molecule has 14 heavy (non-hydrogen) atoms. The summed E-state index contributed by atoms with van der Waals surface area (Å²) in [6.07, 6.45) is 0. The summed E-state index contributed by atoms with van der Waals surface area (Å²) in [5, 5.41) is 0. The molecule has 1 saturated heterocycles. The zero-order valence-electron chi connectivity index (χ0n) is 8.78. The van der Waals surface area contributed by atoms with Crippen molar-refractivity contribution in [2.24, 2.45) is 22.4 Å². The van der Waals surface area contributed by atoms with E-state index in [1.165, 1.54) is 0 Å². The van der Waals surface area contributed by atoms with E-state index in [-0.39, 0.29) is 5.96 Å². The molecule has 0 radical (unpaired) electrons. The second-order valence-corrected chi connectivity index (χ2v) is 3.78. The molecule has 1 unspecified atom stereocenters. The molecule has 1 heterocycles. The zero-order chi connectivity index (χ0) is 10.4. The van der Waals surface area contributed by atoms with Crippen molar-refractivity contribution < 1.29 is 4.74 Å². The largest absolute Gasteiger partial charge is 0.379 e. The van der Waals surface area contributed by atoms with Crippen LogP contribution in [0.15, 0.2) is 4.99 Å². The van der Waals surface area contributed by atoms with Gasteiger partial charge in [-0.15, -0.1) is 0 Å². The van der Waals surface area contributed by atoms with Crippen molar-refractivity contribution in [3.8, 4) is 0 Å². The standard InChI is InChI=1S/C9H20N4O/c1-8(6-12-9(10)11)7-13-2-4-14-5-3-13/h8H,2-7H2,1H3,(H4,10,11,12).